The average molecular weight is 338 g/mol. The molecule has 0 heterocycles. The summed E-state index contributed by atoms with van der Waals surface area (Å²) < 4.78 is 0. The Balaban J connectivity index is 1.27. The van der Waals surface area contributed by atoms with E-state index in [1.54, 1.807) is 32.1 Å². The first-order valence-corrected chi connectivity index (χ1v) is 11.3. The van der Waals surface area contributed by atoms with Crippen LogP contribution in [-0.2, 0) is 0 Å². The zero-order chi connectivity index (χ0) is 18.1. The lowest BCUT2D eigenvalue weighted by molar-refractivity contribution is 0.200. The van der Waals surface area contributed by atoms with E-state index in [1.807, 2.05) is 0 Å². The molecule has 4 rings (SSSR count). The number of hydrogen-bond donors (Lipinski definition) is 0. The van der Waals surface area contributed by atoms with E-state index in [0.717, 1.165) is 34.5 Å². The van der Waals surface area contributed by atoms with Crippen LogP contribution in [-0.4, -0.2) is 14.3 Å². The van der Waals surface area contributed by atoms with Gasteiger partial charge in [0.2, 0.25) is 0 Å². The third-order valence-electron chi connectivity index (χ3n) is 9.58. The Kier molecular flexibility index (Phi) is 4.30. The van der Waals surface area contributed by atoms with Crippen molar-refractivity contribution >= 4 is 14.3 Å². The Morgan fingerprint density at radius 1 is 0.920 bits per heavy atom. The van der Waals surface area contributed by atoms with Crippen LogP contribution in [0.3, 0.4) is 0 Å². The molecule has 4 aliphatic rings. The van der Waals surface area contributed by atoms with Crippen LogP contribution >= 0.6 is 0 Å². The van der Waals surface area contributed by atoms with Crippen LogP contribution in [0, 0.1) is 39.9 Å². The molecule has 4 aliphatic carbocycles. The summed E-state index contributed by atoms with van der Waals surface area (Å²) >= 11 is 0. The molecule has 6 unspecified atom stereocenters. The lowest BCUT2D eigenvalue weighted by atomic mass is 9.27. The summed E-state index contributed by atoms with van der Waals surface area (Å²) in [6, 6.07) is 0. The molecule has 0 spiro atoms. The minimum atomic E-state index is 0.394. The van der Waals surface area contributed by atoms with Gasteiger partial charge in [0.05, 0.1) is 14.3 Å². The van der Waals surface area contributed by atoms with Crippen LogP contribution in [0.15, 0.2) is 0 Å². The zero-order valence-corrected chi connectivity index (χ0v) is 17.8. The number of rotatable bonds is 7. The van der Waals surface area contributed by atoms with Crippen LogP contribution < -0.4 is 0 Å². The summed E-state index contributed by atoms with van der Waals surface area (Å²) in [5.41, 5.74) is 2.09. The molecule has 0 nitrogen and oxygen atoms in total. The second kappa shape index (κ2) is 5.81. The maximum atomic E-state index is 2.53. The van der Waals surface area contributed by atoms with Gasteiger partial charge < -0.3 is 0 Å². The molecule has 2 radical (unpaired) electrons. The van der Waals surface area contributed by atoms with Gasteiger partial charge in [-0.25, -0.2) is 0 Å². The molecular formula is C23H40B2. The Morgan fingerprint density at radius 2 is 1.64 bits per heavy atom. The van der Waals surface area contributed by atoms with Crippen molar-refractivity contribution in [2.75, 3.05) is 0 Å². The molecule has 0 N–H and O–H groups in total. The van der Waals surface area contributed by atoms with Crippen LogP contribution in [0.1, 0.15) is 92.9 Å². The van der Waals surface area contributed by atoms with Gasteiger partial charge in [0, 0.05) is 0 Å². The van der Waals surface area contributed by atoms with E-state index in [9.17, 15) is 0 Å². The normalized spacial score (nSPS) is 45.0. The van der Waals surface area contributed by atoms with Gasteiger partial charge >= 0.3 is 0 Å². The lowest BCUT2D eigenvalue weighted by Gasteiger charge is -2.29. The van der Waals surface area contributed by atoms with E-state index < -0.39 is 0 Å². The van der Waals surface area contributed by atoms with Crippen LogP contribution in [0.25, 0.3) is 0 Å². The first-order chi connectivity index (χ1) is 11.6. The fourth-order valence-electron chi connectivity index (χ4n) is 7.19. The minimum Gasteiger partial charge on any atom is -0.0856 e. The summed E-state index contributed by atoms with van der Waals surface area (Å²) in [4.78, 5) is 0. The van der Waals surface area contributed by atoms with Crippen molar-refractivity contribution in [2.45, 2.75) is 105 Å². The van der Waals surface area contributed by atoms with E-state index in [1.165, 1.54) is 25.6 Å². The van der Waals surface area contributed by atoms with Gasteiger partial charge in [0.25, 0.3) is 0 Å². The summed E-state index contributed by atoms with van der Waals surface area (Å²) in [5, 5.41) is 0.394. The van der Waals surface area contributed by atoms with Gasteiger partial charge in [-0.05, 0) is 78.4 Å². The molecule has 6 atom stereocenters. The van der Waals surface area contributed by atoms with E-state index >= 15 is 0 Å². The van der Waals surface area contributed by atoms with Crippen molar-refractivity contribution in [3.63, 3.8) is 0 Å². The van der Waals surface area contributed by atoms with E-state index in [2.05, 4.69) is 55.9 Å². The molecule has 0 aromatic heterocycles. The fraction of sp³-hybridized carbons (Fsp3) is 1.00. The molecule has 2 heteroatoms. The van der Waals surface area contributed by atoms with Gasteiger partial charge in [0.1, 0.15) is 0 Å². The molecule has 138 valence electrons. The Morgan fingerprint density at radius 3 is 2.20 bits per heavy atom. The zero-order valence-electron chi connectivity index (χ0n) is 17.8. The van der Waals surface area contributed by atoms with Gasteiger partial charge in [-0.3, -0.25) is 0 Å². The maximum absolute atomic E-state index is 2.53. The highest BCUT2D eigenvalue weighted by Gasteiger charge is 2.69. The van der Waals surface area contributed by atoms with Crippen LogP contribution in [0.5, 0.6) is 0 Å². The maximum Gasteiger partial charge on any atom is 0.0731 e. The Hall–Kier alpha value is 0.130. The Labute approximate surface area is 159 Å². The van der Waals surface area contributed by atoms with E-state index in [4.69, 9.17) is 0 Å². The molecule has 0 amide bonds. The smallest absolute Gasteiger partial charge is 0.0731 e. The lowest BCUT2D eigenvalue weighted by Crippen LogP contribution is -2.21. The topological polar surface area (TPSA) is 0 Å². The summed E-state index contributed by atoms with van der Waals surface area (Å²) in [7, 11) is 5.03. The highest BCUT2D eigenvalue weighted by atomic mass is 14.7. The summed E-state index contributed by atoms with van der Waals surface area (Å²) in [5.74, 6) is 4.27. The van der Waals surface area contributed by atoms with Gasteiger partial charge in [0.15, 0.2) is 0 Å². The molecule has 0 saturated heterocycles. The molecule has 0 aliphatic heterocycles. The SMILES string of the molecule is CCC(C)(C)[B][B]CC1CCC2(CC3CCC4(C(C)(C)C)CC34)CC12. The van der Waals surface area contributed by atoms with Crippen molar-refractivity contribution in [3.8, 4) is 0 Å². The molecule has 0 aromatic rings. The summed E-state index contributed by atoms with van der Waals surface area (Å²) in [6.45, 7) is 14.6. The number of hydrogen-bond acceptors (Lipinski definition) is 0. The third kappa shape index (κ3) is 3.06. The van der Waals surface area contributed by atoms with E-state index in [-0.39, 0.29) is 0 Å². The predicted octanol–water partition coefficient (Wildman–Crippen LogP) is 6.61. The van der Waals surface area contributed by atoms with Gasteiger partial charge in [-0.2, -0.15) is 0 Å². The first-order valence-electron chi connectivity index (χ1n) is 11.3. The first kappa shape index (κ1) is 18.5. The van der Waals surface area contributed by atoms with Crippen molar-refractivity contribution in [1.82, 2.24) is 0 Å². The van der Waals surface area contributed by atoms with Crippen molar-refractivity contribution < 1.29 is 0 Å². The van der Waals surface area contributed by atoms with Crippen molar-refractivity contribution in [1.29, 1.82) is 0 Å². The van der Waals surface area contributed by atoms with Gasteiger partial charge in [-0.1, -0.05) is 66.0 Å². The van der Waals surface area contributed by atoms with Gasteiger partial charge in [-0.15, -0.1) is 0 Å². The predicted molar refractivity (Wildman–Crippen MR) is 111 cm³/mol. The molecular weight excluding hydrogens is 298 g/mol. The molecule has 25 heavy (non-hydrogen) atoms. The number of fused-ring (bicyclic) bond motifs is 2. The molecule has 4 fully saturated rings. The monoisotopic (exact) mass is 338 g/mol. The molecule has 0 bridgehead atoms. The van der Waals surface area contributed by atoms with Crippen LogP contribution in [0.4, 0.5) is 0 Å². The standard InChI is InChI=1S/C23H40B2/c1-7-21(5,6)25-24-15-17-8-10-22(13-18(17)22)12-16-9-11-23(14-19(16)23)20(2,3)4/h16-19H,7-15H2,1-6H3. The van der Waals surface area contributed by atoms with Crippen molar-refractivity contribution in [3.05, 3.63) is 0 Å². The second-order valence-corrected chi connectivity index (χ2v) is 12.2. The van der Waals surface area contributed by atoms with Crippen LogP contribution in [0.2, 0.25) is 11.6 Å². The summed E-state index contributed by atoms with van der Waals surface area (Å²) in [6.07, 6.45) is 13.5. The highest BCUT2D eigenvalue weighted by molar-refractivity contribution is 7.02. The second-order valence-electron chi connectivity index (χ2n) is 12.2. The van der Waals surface area contributed by atoms with E-state index in [0.29, 0.717) is 10.7 Å². The largest absolute Gasteiger partial charge is 0.0856 e. The quantitative estimate of drug-likeness (QED) is 0.459. The fourth-order valence-corrected chi connectivity index (χ4v) is 7.19. The van der Waals surface area contributed by atoms with Crippen molar-refractivity contribution in [2.24, 2.45) is 39.9 Å². The molecule has 4 saturated carbocycles. The minimum absolute atomic E-state index is 0.394. The highest BCUT2D eigenvalue weighted by Crippen LogP contribution is 2.77. The molecule has 0 aromatic carbocycles. The third-order valence-corrected chi connectivity index (χ3v) is 9.58. The Bertz CT molecular complexity index is 519. The average Bonchev–Trinajstić information content (AvgIpc) is 3.37.